The number of aliphatic hydroxyl groups excluding tert-OH is 3. The van der Waals surface area contributed by atoms with Gasteiger partial charge in [-0.25, -0.2) is 4.79 Å². The average Bonchev–Trinajstić information content (AvgIpc) is 2.87. The molecule has 1 heterocycles. The molecule has 1 aliphatic carbocycles. The molecule has 38 heavy (non-hydrogen) atoms. The van der Waals surface area contributed by atoms with E-state index in [0.29, 0.717) is 5.56 Å². The first-order valence-electron chi connectivity index (χ1n) is 11.6. The molecule has 0 aromatic heterocycles. The smallest absolute Gasteiger partial charge is 0.340 e. The summed E-state index contributed by atoms with van der Waals surface area (Å²) in [6, 6.07) is 12.8. The van der Waals surface area contributed by atoms with Crippen molar-refractivity contribution in [1.29, 1.82) is 0 Å². The SMILES string of the molecule is Cc1cc(O)c2c(c1)C(OC1OC(OC(=O)c3ccccc3)C(O)C(O)C1O)c1cc(O)cc(O)c1C2=O. The van der Waals surface area contributed by atoms with Gasteiger partial charge in [0.15, 0.2) is 6.29 Å². The zero-order chi connectivity index (χ0) is 27.3. The van der Waals surface area contributed by atoms with E-state index >= 15 is 0 Å². The first kappa shape index (κ1) is 25.6. The van der Waals surface area contributed by atoms with Gasteiger partial charge >= 0.3 is 5.97 Å². The molecular formula is C27H24O11. The van der Waals surface area contributed by atoms with Crippen LogP contribution in [0.4, 0.5) is 0 Å². The van der Waals surface area contributed by atoms with Crippen LogP contribution < -0.4 is 0 Å². The summed E-state index contributed by atoms with van der Waals surface area (Å²) in [6.07, 6.45) is -10.3. The van der Waals surface area contributed by atoms with Crippen LogP contribution in [0.15, 0.2) is 54.6 Å². The Balaban J connectivity index is 1.52. The Morgan fingerprint density at radius 2 is 1.42 bits per heavy atom. The van der Waals surface area contributed by atoms with Gasteiger partial charge in [-0.1, -0.05) is 24.3 Å². The minimum absolute atomic E-state index is 0.000702. The number of aliphatic hydroxyl groups is 3. The Morgan fingerprint density at radius 3 is 2.11 bits per heavy atom. The van der Waals surface area contributed by atoms with E-state index in [9.17, 15) is 40.2 Å². The molecule has 0 radical (unpaired) electrons. The number of carbonyl (C=O) groups is 2. The normalized spacial score (nSPS) is 26.4. The molecule has 1 fully saturated rings. The number of aromatic hydroxyl groups is 3. The minimum atomic E-state index is -1.87. The largest absolute Gasteiger partial charge is 0.508 e. The number of carbonyl (C=O) groups excluding carboxylic acids is 2. The molecule has 0 bridgehead atoms. The van der Waals surface area contributed by atoms with Gasteiger partial charge in [0, 0.05) is 17.2 Å². The number of hydrogen-bond donors (Lipinski definition) is 6. The molecule has 5 rings (SSSR count). The van der Waals surface area contributed by atoms with Crippen LogP contribution in [0.5, 0.6) is 17.2 Å². The topological polar surface area (TPSA) is 183 Å². The van der Waals surface area contributed by atoms with Crippen LogP contribution in [0.1, 0.15) is 49.1 Å². The molecule has 6 atom stereocenters. The van der Waals surface area contributed by atoms with Crippen LogP contribution in [0, 0.1) is 6.92 Å². The molecule has 2 aliphatic rings. The molecule has 0 spiro atoms. The molecule has 1 aliphatic heterocycles. The Hall–Kier alpha value is -4.00. The Morgan fingerprint density at radius 1 is 0.816 bits per heavy atom. The number of ketones is 1. The fourth-order valence-corrected chi connectivity index (χ4v) is 4.68. The molecule has 0 saturated carbocycles. The summed E-state index contributed by atoms with van der Waals surface area (Å²) in [5.41, 5.74) is 0.403. The first-order chi connectivity index (χ1) is 18.1. The van der Waals surface area contributed by atoms with E-state index in [1.165, 1.54) is 30.3 Å². The number of hydrogen-bond acceptors (Lipinski definition) is 11. The number of fused-ring (bicyclic) bond motifs is 2. The average molecular weight is 524 g/mol. The molecule has 6 unspecified atom stereocenters. The second kappa shape index (κ2) is 9.71. The van der Waals surface area contributed by atoms with Crippen molar-refractivity contribution in [2.45, 2.75) is 43.9 Å². The second-order valence-corrected chi connectivity index (χ2v) is 9.14. The number of benzene rings is 3. The quantitative estimate of drug-likeness (QED) is 0.271. The summed E-state index contributed by atoms with van der Waals surface area (Å²) in [7, 11) is 0. The molecule has 6 N–H and O–H groups in total. The monoisotopic (exact) mass is 524 g/mol. The molecule has 11 heteroatoms. The second-order valence-electron chi connectivity index (χ2n) is 9.14. The Bertz CT molecular complexity index is 1340. The summed E-state index contributed by atoms with van der Waals surface area (Å²) >= 11 is 0. The highest BCUT2D eigenvalue weighted by atomic mass is 16.8. The van der Waals surface area contributed by atoms with Gasteiger partial charge in [-0.2, -0.15) is 0 Å². The number of esters is 1. The van der Waals surface area contributed by atoms with Gasteiger partial charge in [0.05, 0.1) is 16.7 Å². The third-order valence-corrected chi connectivity index (χ3v) is 6.47. The van der Waals surface area contributed by atoms with Crippen molar-refractivity contribution in [3.05, 3.63) is 88.0 Å². The Labute approximate surface area is 215 Å². The predicted octanol–water partition coefficient (Wildman–Crippen LogP) is 1.38. The third kappa shape index (κ3) is 4.36. The Kier molecular flexibility index (Phi) is 6.55. The fraction of sp³-hybridized carbons (Fsp3) is 0.259. The summed E-state index contributed by atoms with van der Waals surface area (Å²) in [5.74, 6) is -2.93. The minimum Gasteiger partial charge on any atom is -0.508 e. The molecule has 0 amide bonds. The van der Waals surface area contributed by atoms with Gasteiger partial charge in [-0.15, -0.1) is 0 Å². The van der Waals surface area contributed by atoms with E-state index < -0.39 is 60.2 Å². The lowest BCUT2D eigenvalue weighted by molar-refractivity contribution is -0.344. The van der Waals surface area contributed by atoms with Gasteiger partial charge in [-0.05, 0) is 36.8 Å². The molecule has 198 valence electrons. The highest BCUT2D eigenvalue weighted by Crippen LogP contribution is 2.46. The van der Waals surface area contributed by atoms with Crippen LogP contribution in [0.25, 0.3) is 0 Å². The van der Waals surface area contributed by atoms with Gasteiger partial charge in [-0.3, -0.25) is 4.79 Å². The molecule has 1 saturated heterocycles. The fourth-order valence-electron chi connectivity index (χ4n) is 4.68. The highest BCUT2D eigenvalue weighted by molar-refractivity contribution is 6.16. The summed E-state index contributed by atoms with van der Waals surface area (Å²) in [4.78, 5) is 25.7. The standard InChI is InChI=1S/C27H24O11/c1-11-7-14-18(16(29)8-11)20(31)19-15(9-13(28)10-17(19)30)24(14)36-26-22(33)21(32)23(34)27(38-26)37-25(35)12-5-3-2-4-6-12/h2-10,21-24,26-30,32-34H,1H3. The maximum Gasteiger partial charge on any atom is 0.340 e. The van der Waals surface area contributed by atoms with Gasteiger partial charge in [0.2, 0.25) is 12.1 Å². The van der Waals surface area contributed by atoms with Crippen LogP contribution >= 0.6 is 0 Å². The lowest BCUT2D eigenvalue weighted by atomic mass is 9.81. The van der Waals surface area contributed by atoms with Crippen molar-refractivity contribution in [2.75, 3.05) is 0 Å². The van der Waals surface area contributed by atoms with Crippen molar-refractivity contribution in [3.8, 4) is 17.2 Å². The van der Waals surface area contributed by atoms with Crippen LogP contribution in [-0.4, -0.2) is 73.3 Å². The van der Waals surface area contributed by atoms with Gasteiger partial charge in [0.25, 0.3) is 0 Å². The van der Waals surface area contributed by atoms with E-state index in [-0.39, 0.29) is 33.6 Å². The highest BCUT2D eigenvalue weighted by Gasteiger charge is 2.48. The number of rotatable bonds is 4. The van der Waals surface area contributed by atoms with Crippen molar-refractivity contribution in [2.24, 2.45) is 0 Å². The van der Waals surface area contributed by atoms with E-state index in [1.807, 2.05) is 0 Å². The van der Waals surface area contributed by atoms with E-state index in [0.717, 1.165) is 6.07 Å². The van der Waals surface area contributed by atoms with Crippen LogP contribution in [0.3, 0.4) is 0 Å². The summed E-state index contributed by atoms with van der Waals surface area (Å²) in [5, 5.41) is 62.7. The lowest BCUT2D eigenvalue weighted by Crippen LogP contribution is -2.59. The van der Waals surface area contributed by atoms with Gasteiger partial charge in [0.1, 0.15) is 41.7 Å². The van der Waals surface area contributed by atoms with Crippen molar-refractivity contribution >= 4 is 11.8 Å². The van der Waals surface area contributed by atoms with Crippen molar-refractivity contribution in [1.82, 2.24) is 0 Å². The van der Waals surface area contributed by atoms with Gasteiger partial charge < -0.3 is 44.8 Å². The predicted molar refractivity (Wildman–Crippen MR) is 128 cm³/mol. The lowest BCUT2D eigenvalue weighted by Gasteiger charge is -2.41. The molecule has 3 aromatic rings. The number of phenols is 3. The zero-order valence-corrected chi connectivity index (χ0v) is 19.9. The van der Waals surface area contributed by atoms with Crippen molar-refractivity contribution in [3.63, 3.8) is 0 Å². The van der Waals surface area contributed by atoms with Crippen LogP contribution in [0.2, 0.25) is 0 Å². The summed E-state index contributed by atoms with van der Waals surface area (Å²) < 4.78 is 16.8. The number of phenolic OH excluding ortho intramolecular Hbond substituents is 3. The maximum atomic E-state index is 13.2. The summed E-state index contributed by atoms with van der Waals surface area (Å²) in [6.45, 7) is 1.65. The third-order valence-electron chi connectivity index (χ3n) is 6.47. The first-order valence-corrected chi connectivity index (χ1v) is 11.6. The molecule has 3 aromatic carbocycles. The zero-order valence-electron chi connectivity index (χ0n) is 19.9. The molecular weight excluding hydrogens is 500 g/mol. The van der Waals surface area contributed by atoms with Crippen LogP contribution in [-0.2, 0) is 14.2 Å². The van der Waals surface area contributed by atoms with E-state index in [1.54, 1.807) is 25.1 Å². The van der Waals surface area contributed by atoms with E-state index in [2.05, 4.69) is 0 Å². The van der Waals surface area contributed by atoms with E-state index in [4.69, 9.17) is 14.2 Å². The molecule has 11 nitrogen and oxygen atoms in total. The number of ether oxygens (including phenoxy) is 3. The van der Waals surface area contributed by atoms with Crippen molar-refractivity contribution < 1.29 is 54.4 Å². The number of aryl methyl sites for hydroxylation is 1. The maximum absolute atomic E-state index is 13.2.